The second-order valence-electron chi connectivity index (χ2n) is 6.77. The fourth-order valence-electron chi connectivity index (χ4n) is 3.65. The van der Waals surface area contributed by atoms with Gasteiger partial charge >= 0.3 is 6.03 Å². The molecule has 0 radical (unpaired) electrons. The number of carbonyl (C=O) groups is 1. The number of nitrogens with zero attached hydrogens (tertiary/aromatic N) is 1. The Hall–Kier alpha value is -2.17. The highest BCUT2D eigenvalue weighted by atomic mass is 35.5. The van der Waals surface area contributed by atoms with E-state index in [9.17, 15) is 4.79 Å². The minimum absolute atomic E-state index is 0.0610. The van der Waals surface area contributed by atoms with E-state index in [0.29, 0.717) is 24.7 Å². The third-order valence-corrected chi connectivity index (χ3v) is 5.35. The summed E-state index contributed by atoms with van der Waals surface area (Å²) in [6, 6.07) is 13.3. The molecule has 0 saturated carbocycles. The first-order valence-corrected chi connectivity index (χ1v) is 9.34. The largest absolute Gasteiger partial charge is 0.357 e. The number of H-pyrrole nitrogens is 1. The van der Waals surface area contributed by atoms with E-state index in [2.05, 4.69) is 17.2 Å². The van der Waals surface area contributed by atoms with E-state index in [-0.39, 0.29) is 11.9 Å². The number of rotatable bonds is 2. The molecule has 26 heavy (non-hydrogen) atoms. The molecule has 1 aliphatic rings. The summed E-state index contributed by atoms with van der Waals surface area (Å²) in [6.07, 6.45) is 0. The predicted octanol–water partition coefficient (Wildman–Crippen LogP) is 5.30. The number of aromatic nitrogens is 1. The van der Waals surface area contributed by atoms with Gasteiger partial charge < -0.3 is 15.2 Å². The highest BCUT2D eigenvalue weighted by Crippen LogP contribution is 2.35. The van der Waals surface area contributed by atoms with Crippen molar-refractivity contribution >= 4 is 40.1 Å². The van der Waals surface area contributed by atoms with E-state index in [1.807, 2.05) is 47.4 Å². The Morgan fingerprint density at radius 3 is 2.69 bits per heavy atom. The summed E-state index contributed by atoms with van der Waals surface area (Å²) in [5, 5.41) is 5.57. The molecule has 2 heterocycles. The molecule has 1 unspecified atom stereocenters. The minimum Gasteiger partial charge on any atom is -0.357 e. The molecule has 0 saturated heterocycles. The molecular formula is C20H19Cl2N3O. The van der Waals surface area contributed by atoms with Crippen molar-refractivity contribution in [3.8, 4) is 0 Å². The molecule has 0 aliphatic carbocycles. The Balaban J connectivity index is 1.50. The van der Waals surface area contributed by atoms with Crippen LogP contribution in [-0.2, 0) is 13.1 Å². The van der Waals surface area contributed by atoms with Gasteiger partial charge in [-0.15, -0.1) is 0 Å². The number of hydrogen-bond donors (Lipinski definition) is 2. The van der Waals surface area contributed by atoms with Crippen LogP contribution in [0.25, 0.3) is 10.9 Å². The second kappa shape index (κ2) is 6.86. The number of aromatic amines is 1. The number of urea groups is 1. The SMILES string of the molecule is CC1CN(C(=O)NCc2ccc(Cl)cc2)Cc2[nH]c3ccc(Cl)cc3c21. The van der Waals surface area contributed by atoms with Crippen LogP contribution in [-0.4, -0.2) is 22.5 Å². The van der Waals surface area contributed by atoms with Gasteiger partial charge in [-0.05, 0) is 41.5 Å². The molecule has 4 rings (SSSR count). The zero-order valence-electron chi connectivity index (χ0n) is 14.4. The van der Waals surface area contributed by atoms with Crippen LogP contribution in [0.5, 0.6) is 0 Å². The second-order valence-corrected chi connectivity index (χ2v) is 7.65. The first-order chi connectivity index (χ1) is 12.5. The van der Waals surface area contributed by atoms with Crippen molar-refractivity contribution in [2.24, 2.45) is 0 Å². The molecule has 2 N–H and O–H groups in total. The van der Waals surface area contributed by atoms with Gasteiger partial charge in [0.05, 0.1) is 6.54 Å². The van der Waals surface area contributed by atoms with Crippen LogP contribution in [0.15, 0.2) is 42.5 Å². The summed E-state index contributed by atoms with van der Waals surface area (Å²) in [5.41, 5.74) is 4.44. The van der Waals surface area contributed by atoms with Gasteiger partial charge in [0.1, 0.15) is 0 Å². The number of hydrogen-bond acceptors (Lipinski definition) is 1. The number of carbonyl (C=O) groups excluding carboxylic acids is 1. The maximum absolute atomic E-state index is 12.6. The molecule has 6 heteroatoms. The Morgan fingerprint density at radius 1 is 1.19 bits per heavy atom. The van der Waals surface area contributed by atoms with Crippen molar-refractivity contribution in [1.82, 2.24) is 15.2 Å². The van der Waals surface area contributed by atoms with Gasteiger partial charge in [0, 0.05) is 45.6 Å². The quantitative estimate of drug-likeness (QED) is 0.615. The summed E-state index contributed by atoms with van der Waals surface area (Å²) in [5.74, 6) is 0.243. The maximum atomic E-state index is 12.6. The van der Waals surface area contributed by atoms with Crippen LogP contribution >= 0.6 is 23.2 Å². The van der Waals surface area contributed by atoms with Gasteiger partial charge in [-0.2, -0.15) is 0 Å². The fraction of sp³-hybridized carbons (Fsp3) is 0.250. The standard InChI is InChI=1S/C20H19Cl2N3O/c1-12-10-25(20(26)23-9-13-2-4-14(21)5-3-13)11-18-19(12)16-8-15(22)6-7-17(16)24-18/h2-8,12,24H,9-11H2,1H3,(H,23,26). The summed E-state index contributed by atoms with van der Waals surface area (Å²) in [4.78, 5) is 17.9. The van der Waals surface area contributed by atoms with E-state index in [0.717, 1.165) is 27.2 Å². The molecular weight excluding hydrogens is 369 g/mol. The topological polar surface area (TPSA) is 48.1 Å². The van der Waals surface area contributed by atoms with Crippen LogP contribution in [0.3, 0.4) is 0 Å². The molecule has 0 spiro atoms. The number of fused-ring (bicyclic) bond motifs is 3. The lowest BCUT2D eigenvalue weighted by atomic mass is 9.93. The average molecular weight is 388 g/mol. The maximum Gasteiger partial charge on any atom is 0.318 e. The van der Waals surface area contributed by atoms with E-state index < -0.39 is 0 Å². The zero-order chi connectivity index (χ0) is 18.3. The highest BCUT2D eigenvalue weighted by Gasteiger charge is 2.28. The molecule has 0 fully saturated rings. The lowest BCUT2D eigenvalue weighted by Crippen LogP contribution is -2.43. The van der Waals surface area contributed by atoms with Crippen molar-refractivity contribution in [1.29, 1.82) is 0 Å². The molecule has 1 aromatic heterocycles. The molecule has 4 nitrogen and oxygen atoms in total. The lowest BCUT2D eigenvalue weighted by molar-refractivity contribution is 0.186. The smallest absolute Gasteiger partial charge is 0.318 e. The summed E-state index contributed by atoms with van der Waals surface area (Å²) >= 11 is 12.1. The Morgan fingerprint density at radius 2 is 1.92 bits per heavy atom. The minimum atomic E-state index is -0.0610. The van der Waals surface area contributed by atoms with Crippen molar-refractivity contribution < 1.29 is 4.79 Å². The van der Waals surface area contributed by atoms with Crippen LogP contribution in [0.4, 0.5) is 4.79 Å². The van der Waals surface area contributed by atoms with E-state index in [4.69, 9.17) is 23.2 Å². The number of amides is 2. The van der Waals surface area contributed by atoms with Crippen LogP contribution in [0.1, 0.15) is 29.7 Å². The Kier molecular flexibility index (Phi) is 4.55. The van der Waals surface area contributed by atoms with Gasteiger partial charge in [0.15, 0.2) is 0 Å². The number of benzene rings is 2. The average Bonchev–Trinajstić information content (AvgIpc) is 2.99. The van der Waals surface area contributed by atoms with Gasteiger partial charge in [-0.3, -0.25) is 0 Å². The molecule has 0 bridgehead atoms. The van der Waals surface area contributed by atoms with Gasteiger partial charge in [-0.1, -0.05) is 42.3 Å². The lowest BCUT2D eigenvalue weighted by Gasteiger charge is -2.31. The van der Waals surface area contributed by atoms with Crippen LogP contribution in [0.2, 0.25) is 10.0 Å². The van der Waals surface area contributed by atoms with E-state index >= 15 is 0 Å². The first kappa shape index (κ1) is 17.3. The van der Waals surface area contributed by atoms with Crippen molar-refractivity contribution in [3.63, 3.8) is 0 Å². The third-order valence-electron chi connectivity index (χ3n) is 4.86. The summed E-state index contributed by atoms with van der Waals surface area (Å²) in [6.45, 7) is 3.87. The number of nitrogens with one attached hydrogen (secondary N) is 2. The van der Waals surface area contributed by atoms with Crippen molar-refractivity contribution in [2.75, 3.05) is 6.54 Å². The monoisotopic (exact) mass is 387 g/mol. The first-order valence-electron chi connectivity index (χ1n) is 8.58. The van der Waals surface area contributed by atoms with Crippen molar-refractivity contribution in [3.05, 3.63) is 69.3 Å². The van der Waals surface area contributed by atoms with Gasteiger partial charge in [0.25, 0.3) is 0 Å². The predicted molar refractivity (Wildman–Crippen MR) is 106 cm³/mol. The highest BCUT2D eigenvalue weighted by molar-refractivity contribution is 6.31. The molecule has 1 atom stereocenters. The Bertz CT molecular complexity index is 965. The van der Waals surface area contributed by atoms with E-state index in [1.165, 1.54) is 5.56 Å². The van der Waals surface area contributed by atoms with Gasteiger partial charge in [0.2, 0.25) is 0 Å². The third kappa shape index (κ3) is 3.27. The van der Waals surface area contributed by atoms with Crippen LogP contribution in [0, 0.1) is 0 Å². The molecule has 1 aliphatic heterocycles. The number of halogens is 2. The molecule has 2 aromatic carbocycles. The van der Waals surface area contributed by atoms with E-state index in [1.54, 1.807) is 0 Å². The van der Waals surface area contributed by atoms with Crippen LogP contribution < -0.4 is 5.32 Å². The fourth-order valence-corrected chi connectivity index (χ4v) is 3.95. The molecule has 2 amide bonds. The molecule has 134 valence electrons. The zero-order valence-corrected chi connectivity index (χ0v) is 15.9. The summed E-state index contributed by atoms with van der Waals surface area (Å²) < 4.78 is 0. The Labute approximate surface area is 162 Å². The van der Waals surface area contributed by atoms with Crippen molar-refractivity contribution in [2.45, 2.75) is 25.9 Å². The molecule has 3 aromatic rings. The summed E-state index contributed by atoms with van der Waals surface area (Å²) in [7, 11) is 0. The normalized spacial score (nSPS) is 16.6. The van der Waals surface area contributed by atoms with Gasteiger partial charge in [-0.25, -0.2) is 4.79 Å².